The molecule has 5 heteroatoms. The highest BCUT2D eigenvalue weighted by Gasteiger charge is 2.18. The van der Waals surface area contributed by atoms with Gasteiger partial charge in [0.2, 0.25) is 0 Å². The molecule has 0 aliphatic carbocycles. The third-order valence-electron chi connectivity index (χ3n) is 3.27. The minimum absolute atomic E-state index is 0.582. The Hall–Kier alpha value is -1.65. The summed E-state index contributed by atoms with van der Waals surface area (Å²) in [5.41, 5.74) is 3.13. The van der Waals surface area contributed by atoms with Crippen molar-refractivity contribution < 1.29 is 4.74 Å². The average Bonchev–Trinajstić information content (AvgIpc) is 2.48. The van der Waals surface area contributed by atoms with Crippen LogP contribution in [0.3, 0.4) is 0 Å². The highest BCUT2D eigenvalue weighted by Crippen LogP contribution is 2.26. The van der Waals surface area contributed by atoms with Crippen LogP contribution in [0.2, 0.25) is 5.02 Å². The summed E-state index contributed by atoms with van der Waals surface area (Å²) in [6, 6.07) is 7.60. The number of nitrogens with one attached hydrogen (secondary N) is 1. The number of ether oxygens (including phenoxy) is 1. The molecular weight excluding hydrogens is 274 g/mol. The Kier molecular flexibility index (Phi) is 3.85. The minimum atomic E-state index is 0.582. The number of nitrogens with zero attached hydrogens (tertiary/aromatic N) is 2. The Morgan fingerprint density at radius 2 is 2.05 bits per heavy atom. The van der Waals surface area contributed by atoms with Gasteiger partial charge in [0.1, 0.15) is 5.82 Å². The molecule has 0 unspecified atom stereocenters. The second-order valence-corrected chi connectivity index (χ2v) is 5.10. The summed E-state index contributed by atoms with van der Waals surface area (Å²) in [7, 11) is 0. The fraction of sp³-hybridized carbons (Fsp3) is 0.333. The van der Waals surface area contributed by atoms with E-state index in [4.69, 9.17) is 16.3 Å². The number of hydrogen-bond donors (Lipinski definition) is 1. The van der Waals surface area contributed by atoms with Crippen LogP contribution in [-0.4, -0.2) is 23.1 Å². The van der Waals surface area contributed by atoms with Crippen LogP contribution in [0.4, 0.5) is 5.82 Å². The molecule has 2 aromatic rings. The van der Waals surface area contributed by atoms with Crippen molar-refractivity contribution >= 4 is 17.4 Å². The molecule has 1 N–H and O–H groups in total. The zero-order chi connectivity index (χ0) is 13.9. The third-order valence-corrected chi connectivity index (χ3v) is 3.52. The van der Waals surface area contributed by atoms with Crippen LogP contribution < -0.4 is 5.32 Å². The molecule has 0 spiro atoms. The zero-order valence-electron chi connectivity index (χ0n) is 11.3. The largest absolute Gasteiger partial charge is 0.376 e. The SMILES string of the molecule is CCNc1nc(-c2ccc(Cl)cc2)nc2c1COCC2. The maximum atomic E-state index is 5.93. The van der Waals surface area contributed by atoms with Gasteiger partial charge >= 0.3 is 0 Å². The number of benzene rings is 1. The van der Waals surface area contributed by atoms with Gasteiger partial charge in [0.15, 0.2) is 5.82 Å². The van der Waals surface area contributed by atoms with E-state index in [1.165, 1.54) is 0 Å². The molecule has 1 aliphatic rings. The van der Waals surface area contributed by atoms with Crippen LogP contribution in [0.1, 0.15) is 18.2 Å². The highest BCUT2D eigenvalue weighted by atomic mass is 35.5. The van der Waals surface area contributed by atoms with E-state index in [9.17, 15) is 0 Å². The number of rotatable bonds is 3. The molecule has 2 heterocycles. The van der Waals surface area contributed by atoms with Crippen molar-refractivity contribution in [2.45, 2.75) is 20.0 Å². The Labute approximate surface area is 123 Å². The van der Waals surface area contributed by atoms with Crippen molar-refractivity contribution in [3.8, 4) is 11.4 Å². The van der Waals surface area contributed by atoms with Crippen molar-refractivity contribution in [1.82, 2.24) is 9.97 Å². The fourth-order valence-electron chi connectivity index (χ4n) is 2.27. The van der Waals surface area contributed by atoms with Crippen molar-refractivity contribution in [1.29, 1.82) is 0 Å². The molecular formula is C15H16ClN3O. The molecule has 0 amide bonds. The third kappa shape index (κ3) is 2.62. The van der Waals surface area contributed by atoms with E-state index < -0.39 is 0 Å². The standard InChI is InChI=1S/C15H16ClN3O/c1-2-17-15-12-9-20-8-7-13(12)18-14(19-15)10-3-5-11(16)6-4-10/h3-6H,2,7-9H2,1H3,(H,17,18,19). The first-order chi connectivity index (χ1) is 9.78. The van der Waals surface area contributed by atoms with Gasteiger partial charge in [-0.1, -0.05) is 11.6 Å². The number of halogens is 1. The summed E-state index contributed by atoms with van der Waals surface area (Å²) >= 11 is 5.93. The van der Waals surface area contributed by atoms with Gasteiger partial charge in [-0.3, -0.25) is 0 Å². The second kappa shape index (κ2) is 5.77. The summed E-state index contributed by atoms with van der Waals surface area (Å²) in [5.74, 6) is 1.61. The van der Waals surface area contributed by atoms with Crippen molar-refractivity contribution in [2.24, 2.45) is 0 Å². The quantitative estimate of drug-likeness (QED) is 0.942. The van der Waals surface area contributed by atoms with E-state index in [0.29, 0.717) is 11.6 Å². The Morgan fingerprint density at radius 1 is 1.25 bits per heavy atom. The lowest BCUT2D eigenvalue weighted by atomic mass is 10.1. The van der Waals surface area contributed by atoms with E-state index in [1.54, 1.807) is 0 Å². The Morgan fingerprint density at radius 3 is 2.80 bits per heavy atom. The van der Waals surface area contributed by atoms with Crippen LogP contribution in [-0.2, 0) is 17.8 Å². The molecule has 0 atom stereocenters. The van der Waals surface area contributed by atoms with Gasteiger partial charge in [0.05, 0.1) is 18.9 Å². The summed E-state index contributed by atoms with van der Waals surface area (Å²) < 4.78 is 5.51. The van der Waals surface area contributed by atoms with Crippen LogP contribution in [0.15, 0.2) is 24.3 Å². The van der Waals surface area contributed by atoms with Crippen LogP contribution in [0, 0.1) is 0 Å². The lowest BCUT2D eigenvalue weighted by molar-refractivity contribution is 0.109. The number of anilines is 1. The van der Waals surface area contributed by atoms with Crippen LogP contribution >= 0.6 is 11.6 Å². The van der Waals surface area contributed by atoms with E-state index in [0.717, 1.165) is 48.0 Å². The molecule has 1 aromatic carbocycles. The first-order valence-electron chi connectivity index (χ1n) is 6.75. The van der Waals surface area contributed by atoms with Gasteiger partial charge in [-0.15, -0.1) is 0 Å². The Balaban J connectivity index is 2.07. The first kappa shape index (κ1) is 13.3. The summed E-state index contributed by atoms with van der Waals surface area (Å²) in [6.07, 6.45) is 0.830. The normalized spacial score (nSPS) is 13.9. The molecule has 1 aliphatic heterocycles. The molecule has 0 radical (unpaired) electrons. The topological polar surface area (TPSA) is 47.0 Å². The van der Waals surface area contributed by atoms with E-state index in [1.807, 2.05) is 24.3 Å². The van der Waals surface area contributed by atoms with Gasteiger partial charge in [0, 0.05) is 29.1 Å². The van der Waals surface area contributed by atoms with Gasteiger partial charge in [-0.25, -0.2) is 9.97 Å². The van der Waals surface area contributed by atoms with E-state index in [-0.39, 0.29) is 0 Å². The first-order valence-corrected chi connectivity index (χ1v) is 7.13. The van der Waals surface area contributed by atoms with Crippen molar-refractivity contribution in [3.63, 3.8) is 0 Å². The number of hydrogen-bond acceptors (Lipinski definition) is 4. The molecule has 0 fully saturated rings. The van der Waals surface area contributed by atoms with Gasteiger partial charge in [0.25, 0.3) is 0 Å². The summed E-state index contributed by atoms with van der Waals surface area (Å²) in [6.45, 7) is 4.18. The zero-order valence-corrected chi connectivity index (χ0v) is 12.1. The minimum Gasteiger partial charge on any atom is -0.376 e. The van der Waals surface area contributed by atoms with Crippen molar-refractivity contribution in [3.05, 3.63) is 40.5 Å². The maximum Gasteiger partial charge on any atom is 0.161 e. The lowest BCUT2D eigenvalue weighted by Crippen LogP contribution is -2.17. The monoisotopic (exact) mass is 289 g/mol. The predicted molar refractivity (Wildman–Crippen MR) is 80.0 cm³/mol. The van der Waals surface area contributed by atoms with Gasteiger partial charge < -0.3 is 10.1 Å². The Bertz CT molecular complexity index is 613. The van der Waals surface area contributed by atoms with Gasteiger partial charge in [-0.05, 0) is 31.2 Å². The lowest BCUT2D eigenvalue weighted by Gasteiger charge is -2.20. The van der Waals surface area contributed by atoms with Gasteiger partial charge in [-0.2, -0.15) is 0 Å². The second-order valence-electron chi connectivity index (χ2n) is 4.66. The summed E-state index contributed by atoms with van der Waals surface area (Å²) in [4.78, 5) is 9.31. The number of fused-ring (bicyclic) bond motifs is 1. The van der Waals surface area contributed by atoms with Crippen LogP contribution in [0.25, 0.3) is 11.4 Å². The predicted octanol–water partition coefficient (Wildman–Crippen LogP) is 3.30. The molecule has 0 saturated heterocycles. The molecule has 104 valence electrons. The molecule has 4 nitrogen and oxygen atoms in total. The van der Waals surface area contributed by atoms with E-state index >= 15 is 0 Å². The summed E-state index contributed by atoms with van der Waals surface area (Å²) in [5, 5.41) is 4.01. The molecule has 0 saturated carbocycles. The average molecular weight is 290 g/mol. The fourth-order valence-corrected chi connectivity index (χ4v) is 2.40. The van der Waals surface area contributed by atoms with E-state index in [2.05, 4.69) is 22.2 Å². The maximum absolute atomic E-state index is 5.93. The highest BCUT2D eigenvalue weighted by molar-refractivity contribution is 6.30. The molecule has 1 aromatic heterocycles. The van der Waals surface area contributed by atoms with Crippen molar-refractivity contribution in [2.75, 3.05) is 18.5 Å². The number of aromatic nitrogens is 2. The molecule has 20 heavy (non-hydrogen) atoms. The molecule has 3 rings (SSSR count). The van der Waals surface area contributed by atoms with Crippen LogP contribution in [0.5, 0.6) is 0 Å². The molecule has 0 bridgehead atoms. The smallest absolute Gasteiger partial charge is 0.161 e.